The molecule has 0 bridgehead atoms. The Balaban J connectivity index is 1.98. The number of aliphatic hydroxyl groups is 1. The lowest BCUT2D eigenvalue weighted by atomic mass is 10.1. The molecule has 0 amide bonds. The summed E-state index contributed by atoms with van der Waals surface area (Å²) in [4.78, 5) is 19.8. The third-order valence-corrected chi connectivity index (χ3v) is 4.14. The van der Waals surface area contributed by atoms with Crippen molar-refractivity contribution >= 4 is 28.0 Å². The van der Waals surface area contributed by atoms with E-state index in [9.17, 15) is 9.90 Å². The molecule has 0 saturated heterocycles. The summed E-state index contributed by atoms with van der Waals surface area (Å²) < 4.78 is 0. The van der Waals surface area contributed by atoms with E-state index in [1.54, 1.807) is 11.6 Å². The summed E-state index contributed by atoms with van der Waals surface area (Å²) in [5.74, 6) is -0.109. The minimum atomic E-state index is -0.601. The first-order valence-electron chi connectivity index (χ1n) is 6.45. The summed E-state index contributed by atoms with van der Waals surface area (Å²) in [7, 11) is 0. The highest BCUT2D eigenvalue weighted by atomic mass is 32.1. The van der Waals surface area contributed by atoms with Gasteiger partial charge in [0.2, 0.25) is 5.78 Å². The molecule has 0 aliphatic rings. The van der Waals surface area contributed by atoms with Gasteiger partial charge in [-0.25, -0.2) is 4.98 Å². The van der Waals surface area contributed by atoms with Gasteiger partial charge in [0.25, 0.3) is 0 Å². The van der Waals surface area contributed by atoms with Gasteiger partial charge in [-0.15, -0.1) is 11.3 Å². The fraction of sp³-hybridized carbons (Fsp3) is 0.200. The molecule has 0 aliphatic heterocycles. The van der Waals surface area contributed by atoms with Crippen molar-refractivity contribution in [2.24, 2.45) is 0 Å². The van der Waals surface area contributed by atoms with Crippen LogP contribution in [-0.2, 0) is 0 Å². The molecule has 3 aromatic rings. The number of fused-ring (bicyclic) bond motifs is 1. The Bertz CT molecular complexity index is 760. The number of hydrogen-bond donors (Lipinski definition) is 2. The maximum absolute atomic E-state index is 12.5. The molecule has 0 fully saturated rings. The second-order valence-corrected chi connectivity index (χ2v) is 5.44. The summed E-state index contributed by atoms with van der Waals surface area (Å²) in [6.45, 7) is 1.88. The average molecular weight is 286 g/mol. The van der Waals surface area contributed by atoms with Crippen molar-refractivity contribution in [3.63, 3.8) is 0 Å². The summed E-state index contributed by atoms with van der Waals surface area (Å²) in [6, 6.07) is 7.67. The third-order valence-electron chi connectivity index (χ3n) is 3.28. The quantitative estimate of drug-likeness (QED) is 0.723. The van der Waals surface area contributed by atoms with E-state index in [2.05, 4.69) is 9.97 Å². The molecule has 2 heterocycles. The van der Waals surface area contributed by atoms with Crippen LogP contribution >= 0.6 is 11.3 Å². The monoisotopic (exact) mass is 286 g/mol. The van der Waals surface area contributed by atoms with Crippen LogP contribution in [0, 0.1) is 0 Å². The number of carbonyl (C=O) groups excluding carboxylic acids is 1. The highest BCUT2D eigenvalue weighted by Gasteiger charge is 2.19. The van der Waals surface area contributed by atoms with Gasteiger partial charge in [-0.3, -0.25) is 4.79 Å². The van der Waals surface area contributed by atoms with Gasteiger partial charge in [0.1, 0.15) is 0 Å². The number of hydrogen-bond acceptors (Lipinski definition) is 4. The SMILES string of the molecule is CCC(O)c1csc(C(=O)c2c[nH]c3ccccc23)n1. The van der Waals surface area contributed by atoms with Gasteiger partial charge < -0.3 is 10.1 Å². The van der Waals surface area contributed by atoms with E-state index in [0.717, 1.165) is 10.9 Å². The number of thiazole rings is 1. The van der Waals surface area contributed by atoms with Crippen molar-refractivity contribution in [3.8, 4) is 0 Å². The smallest absolute Gasteiger partial charge is 0.223 e. The molecule has 1 unspecified atom stereocenters. The van der Waals surface area contributed by atoms with E-state index < -0.39 is 6.10 Å². The number of para-hydroxylation sites is 1. The van der Waals surface area contributed by atoms with Crippen LogP contribution in [0.15, 0.2) is 35.8 Å². The molecular formula is C15H14N2O2S. The first-order chi connectivity index (χ1) is 9.70. The minimum absolute atomic E-state index is 0.109. The molecule has 1 atom stereocenters. The Morgan fingerprint density at radius 3 is 3.05 bits per heavy atom. The highest BCUT2D eigenvalue weighted by molar-refractivity contribution is 7.12. The van der Waals surface area contributed by atoms with Gasteiger partial charge in [0.15, 0.2) is 5.01 Å². The van der Waals surface area contributed by atoms with Gasteiger partial charge >= 0.3 is 0 Å². The zero-order valence-corrected chi connectivity index (χ0v) is 11.8. The number of aliphatic hydroxyl groups excluding tert-OH is 1. The molecule has 0 spiro atoms. The number of benzene rings is 1. The maximum atomic E-state index is 12.5. The van der Waals surface area contributed by atoms with Crippen LogP contribution < -0.4 is 0 Å². The number of nitrogens with one attached hydrogen (secondary N) is 1. The van der Waals surface area contributed by atoms with Crippen LogP contribution in [0.1, 0.15) is 40.5 Å². The van der Waals surface area contributed by atoms with E-state index in [-0.39, 0.29) is 5.78 Å². The van der Waals surface area contributed by atoms with Crippen LogP contribution in [0.2, 0.25) is 0 Å². The van der Waals surface area contributed by atoms with Crippen molar-refractivity contribution in [1.82, 2.24) is 9.97 Å². The predicted molar refractivity (Wildman–Crippen MR) is 79.1 cm³/mol. The molecule has 2 N–H and O–H groups in total. The minimum Gasteiger partial charge on any atom is -0.387 e. The van der Waals surface area contributed by atoms with Gasteiger partial charge in [0, 0.05) is 22.5 Å². The molecule has 102 valence electrons. The van der Waals surface area contributed by atoms with Gasteiger partial charge in [-0.2, -0.15) is 0 Å². The van der Waals surface area contributed by atoms with Crippen molar-refractivity contribution in [1.29, 1.82) is 0 Å². The normalized spacial score (nSPS) is 12.7. The summed E-state index contributed by atoms with van der Waals surface area (Å²) in [5, 5.41) is 12.8. The first kappa shape index (κ1) is 13.0. The van der Waals surface area contributed by atoms with E-state index >= 15 is 0 Å². The second-order valence-electron chi connectivity index (χ2n) is 4.58. The van der Waals surface area contributed by atoms with Crippen LogP contribution in [0.3, 0.4) is 0 Å². The summed E-state index contributed by atoms with van der Waals surface area (Å²) >= 11 is 1.27. The molecule has 20 heavy (non-hydrogen) atoms. The Morgan fingerprint density at radius 1 is 1.45 bits per heavy atom. The molecule has 5 heteroatoms. The lowest BCUT2D eigenvalue weighted by Gasteiger charge is -2.01. The Hall–Kier alpha value is -1.98. The van der Waals surface area contributed by atoms with Crippen molar-refractivity contribution < 1.29 is 9.90 Å². The number of aromatic nitrogens is 2. The molecule has 2 aromatic heterocycles. The zero-order valence-electron chi connectivity index (χ0n) is 11.0. The zero-order chi connectivity index (χ0) is 14.1. The Morgan fingerprint density at radius 2 is 2.25 bits per heavy atom. The predicted octanol–water partition coefficient (Wildman–Crippen LogP) is 3.30. The molecule has 1 aromatic carbocycles. The van der Waals surface area contributed by atoms with E-state index in [1.807, 2.05) is 31.2 Å². The number of aromatic amines is 1. The molecular weight excluding hydrogens is 272 g/mol. The van der Waals surface area contributed by atoms with Crippen LogP contribution in [0.5, 0.6) is 0 Å². The van der Waals surface area contributed by atoms with Crippen molar-refractivity contribution in [2.75, 3.05) is 0 Å². The van der Waals surface area contributed by atoms with E-state index in [4.69, 9.17) is 0 Å². The molecule has 3 rings (SSSR count). The van der Waals surface area contributed by atoms with Gasteiger partial charge in [-0.1, -0.05) is 25.1 Å². The molecule has 4 nitrogen and oxygen atoms in total. The standard InChI is InChI=1S/C15H14N2O2S/c1-2-13(18)12-8-20-15(17-12)14(19)10-7-16-11-6-4-3-5-9(10)11/h3-8,13,16,18H,2H2,1H3. The number of carbonyl (C=O) groups is 1. The Labute approximate surface area is 120 Å². The number of nitrogens with zero attached hydrogens (tertiary/aromatic N) is 1. The fourth-order valence-electron chi connectivity index (χ4n) is 2.13. The van der Waals surface area contributed by atoms with Crippen molar-refractivity contribution in [2.45, 2.75) is 19.4 Å². The van der Waals surface area contributed by atoms with Crippen molar-refractivity contribution in [3.05, 3.63) is 52.1 Å². The molecule has 0 radical (unpaired) electrons. The largest absolute Gasteiger partial charge is 0.387 e. The first-order valence-corrected chi connectivity index (χ1v) is 7.33. The summed E-state index contributed by atoms with van der Waals surface area (Å²) in [6.07, 6.45) is 1.70. The van der Waals surface area contributed by atoms with E-state index in [0.29, 0.717) is 22.7 Å². The van der Waals surface area contributed by atoms with Gasteiger partial charge in [0.05, 0.1) is 17.4 Å². The van der Waals surface area contributed by atoms with Crippen LogP contribution in [0.4, 0.5) is 0 Å². The Kier molecular flexibility index (Phi) is 3.38. The fourth-order valence-corrected chi connectivity index (χ4v) is 2.94. The third kappa shape index (κ3) is 2.15. The number of ketones is 1. The number of H-pyrrole nitrogens is 1. The summed E-state index contributed by atoms with van der Waals surface area (Å²) in [5.41, 5.74) is 2.12. The second kappa shape index (κ2) is 5.19. The van der Waals surface area contributed by atoms with Crippen LogP contribution in [0.25, 0.3) is 10.9 Å². The highest BCUT2D eigenvalue weighted by Crippen LogP contribution is 2.24. The molecule has 0 aliphatic carbocycles. The maximum Gasteiger partial charge on any atom is 0.223 e. The van der Waals surface area contributed by atoms with E-state index in [1.165, 1.54) is 11.3 Å². The van der Waals surface area contributed by atoms with Crippen LogP contribution in [-0.4, -0.2) is 20.9 Å². The average Bonchev–Trinajstić information content (AvgIpc) is 3.12. The lowest BCUT2D eigenvalue weighted by molar-refractivity contribution is 0.103. The lowest BCUT2D eigenvalue weighted by Crippen LogP contribution is -2.02. The van der Waals surface area contributed by atoms with Gasteiger partial charge in [-0.05, 0) is 12.5 Å². The number of rotatable bonds is 4. The topological polar surface area (TPSA) is 66.0 Å². The molecule has 0 saturated carbocycles.